The summed E-state index contributed by atoms with van der Waals surface area (Å²) in [6.07, 6.45) is 6.34. The van der Waals surface area contributed by atoms with Crippen LogP contribution in [0.2, 0.25) is 0 Å². The lowest BCUT2D eigenvalue weighted by molar-refractivity contribution is 0.104. The van der Waals surface area contributed by atoms with Crippen molar-refractivity contribution in [2.45, 2.75) is 0 Å². The second-order valence-electron chi connectivity index (χ2n) is 5.49. The number of ether oxygens (including phenoxy) is 1. The highest BCUT2D eigenvalue weighted by Gasteiger charge is 2.11. The van der Waals surface area contributed by atoms with E-state index in [1.54, 1.807) is 31.4 Å². The molecule has 1 aromatic heterocycles. The quantitative estimate of drug-likeness (QED) is 0.327. The van der Waals surface area contributed by atoms with Crippen LogP contribution >= 0.6 is 0 Å². The molecule has 26 heavy (non-hydrogen) atoms. The Morgan fingerprint density at radius 1 is 1.12 bits per heavy atom. The van der Waals surface area contributed by atoms with Gasteiger partial charge in [-0.1, -0.05) is 36.4 Å². The van der Waals surface area contributed by atoms with Crippen LogP contribution in [0.5, 0.6) is 11.5 Å². The molecule has 3 rings (SSSR count). The number of allylic oxidation sites excluding steroid dienone is 3. The van der Waals surface area contributed by atoms with Crippen LogP contribution in [0.1, 0.15) is 15.9 Å². The molecule has 5 nitrogen and oxygen atoms in total. The summed E-state index contributed by atoms with van der Waals surface area (Å²) < 4.78 is 10.3. The van der Waals surface area contributed by atoms with Crippen molar-refractivity contribution in [1.29, 1.82) is 0 Å². The smallest absolute Gasteiger partial charge is 0.347 e. The van der Waals surface area contributed by atoms with Gasteiger partial charge in [0.1, 0.15) is 22.6 Å². The molecule has 1 heterocycles. The lowest BCUT2D eigenvalue weighted by atomic mass is 10.1. The number of rotatable bonds is 5. The predicted molar refractivity (Wildman–Crippen MR) is 99.6 cm³/mol. The minimum Gasteiger partial charge on any atom is -0.508 e. The summed E-state index contributed by atoms with van der Waals surface area (Å²) in [4.78, 5) is 24.2. The second kappa shape index (κ2) is 7.53. The molecule has 0 aliphatic rings. The average Bonchev–Trinajstić information content (AvgIpc) is 2.64. The highest BCUT2D eigenvalue weighted by molar-refractivity contribution is 6.05. The van der Waals surface area contributed by atoms with E-state index in [-0.39, 0.29) is 16.9 Å². The molecule has 0 spiro atoms. The molecule has 0 atom stereocenters. The second-order valence-corrected chi connectivity index (χ2v) is 5.49. The fourth-order valence-corrected chi connectivity index (χ4v) is 2.47. The van der Waals surface area contributed by atoms with Gasteiger partial charge in [0.05, 0.1) is 7.11 Å². The first-order valence-corrected chi connectivity index (χ1v) is 7.87. The van der Waals surface area contributed by atoms with E-state index >= 15 is 0 Å². The lowest BCUT2D eigenvalue weighted by Crippen LogP contribution is -2.11. The van der Waals surface area contributed by atoms with Crippen LogP contribution in [0.25, 0.3) is 17.0 Å². The maximum Gasteiger partial charge on any atom is 0.347 e. The summed E-state index contributed by atoms with van der Waals surface area (Å²) in [5.74, 6) is 0.251. The Labute approximate surface area is 149 Å². The predicted octanol–water partition coefficient (Wildman–Crippen LogP) is 3.96. The minimum atomic E-state index is -0.744. The maximum absolute atomic E-state index is 12.3. The van der Waals surface area contributed by atoms with Crippen LogP contribution in [-0.2, 0) is 0 Å². The number of carbonyl (C=O) groups is 1. The number of carbonyl (C=O) groups excluding carboxylic acids is 1. The van der Waals surface area contributed by atoms with Crippen molar-refractivity contribution in [1.82, 2.24) is 0 Å². The maximum atomic E-state index is 12.3. The van der Waals surface area contributed by atoms with Gasteiger partial charge < -0.3 is 14.3 Å². The van der Waals surface area contributed by atoms with Gasteiger partial charge in [0.25, 0.3) is 0 Å². The topological polar surface area (TPSA) is 76.7 Å². The zero-order valence-electron chi connectivity index (χ0n) is 14.0. The number of phenols is 1. The van der Waals surface area contributed by atoms with Gasteiger partial charge in [0.15, 0.2) is 5.78 Å². The van der Waals surface area contributed by atoms with E-state index in [1.807, 2.05) is 24.3 Å². The van der Waals surface area contributed by atoms with Crippen molar-refractivity contribution in [2.75, 3.05) is 7.11 Å². The third-order valence-electron chi connectivity index (χ3n) is 3.76. The van der Waals surface area contributed by atoms with Crippen molar-refractivity contribution < 1.29 is 19.1 Å². The van der Waals surface area contributed by atoms with E-state index < -0.39 is 11.4 Å². The first-order valence-electron chi connectivity index (χ1n) is 7.87. The van der Waals surface area contributed by atoms with Crippen molar-refractivity contribution in [3.63, 3.8) is 0 Å². The Bertz CT molecular complexity index is 1070. The summed E-state index contributed by atoms with van der Waals surface area (Å²) in [5.41, 5.74) is 0.292. The molecule has 0 bridgehead atoms. The van der Waals surface area contributed by atoms with Crippen LogP contribution < -0.4 is 10.4 Å². The molecule has 0 unspecified atom stereocenters. The minimum absolute atomic E-state index is 0.0129. The molecule has 130 valence electrons. The van der Waals surface area contributed by atoms with Crippen molar-refractivity contribution in [3.05, 3.63) is 88.3 Å². The molecule has 2 aromatic carbocycles. The third-order valence-corrected chi connectivity index (χ3v) is 3.76. The summed E-state index contributed by atoms with van der Waals surface area (Å²) >= 11 is 0. The zero-order chi connectivity index (χ0) is 18.5. The number of phenolic OH excluding ortho intramolecular Hbond substituents is 1. The van der Waals surface area contributed by atoms with Crippen LogP contribution in [0, 0.1) is 0 Å². The largest absolute Gasteiger partial charge is 0.508 e. The summed E-state index contributed by atoms with van der Waals surface area (Å²) in [6, 6.07) is 13.3. The normalized spacial score (nSPS) is 11.4. The highest BCUT2D eigenvalue weighted by Crippen LogP contribution is 2.20. The Morgan fingerprint density at radius 3 is 2.73 bits per heavy atom. The van der Waals surface area contributed by atoms with Crippen LogP contribution in [0.15, 0.2) is 76.0 Å². The van der Waals surface area contributed by atoms with Gasteiger partial charge in [-0.15, -0.1) is 0 Å². The van der Waals surface area contributed by atoms with E-state index in [2.05, 4.69) is 0 Å². The van der Waals surface area contributed by atoms with E-state index in [0.717, 1.165) is 11.3 Å². The summed E-state index contributed by atoms with van der Waals surface area (Å²) in [5, 5.41) is 9.98. The number of benzene rings is 2. The SMILES string of the molecule is COc1ccccc1/C=C/C=C/C(=O)c1cc2ccc(O)cc2oc1=O. The van der Waals surface area contributed by atoms with Crippen molar-refractivity contribution in [2.24, 2.45) is 0 Å². The molecule has 0 saturated heterocycles. The van der Waals surface area contributed by atoms with Gasteiger partial charge in [-0.2, -0.15) is 0 Å². The van der Waals surface area contributed by atoms with Gasteiger partial charge in [0.2, 0.25) is 0 Å². The summed E-state index contributed by atoms with van der Waals surface area (Å²) in [7, 11) is 1.59. The van der Waals surface area contributed by atoms with E-state index in [1.165, 1.54) is 24.3 Å². The fraction of sp³-hybridized carbons (Fsp3) is 0.0476. The Morgan fingerprint density at radius 2 is 1.92 bits per heavy atom. The number of fused-ring (bicyclic) bond motifs is 1. The monoisotopic (exact) mass is 348 g/mol. The first-order chi connectivity index (χ1) is 12.6. The fourth-order valence-electron chi connectivity index (χ4n) is 2.47. The molecule has 1 N–H and O–H groups in total. The van der Waals surface area contributed by atoms with Gasteiger partial charge >= 0.3 is 5.63 Å². The summed E-state index contributed by atoms with van der Waals surface area (Å²) in [6.45, 7) is 0. The van der Waals surface area contributed by atoms with Gasteiger partial charge in [-0.05, 0) is 30.3 Å². The number of aromatic hydroxyl groups is 1. The van der Waals surface area contributed by atoms with E-state index in [4.69, 9.17) is 9.15 Å². The molecule has 0 aliphatic heterocycles. The Balaban J connectivity index is 1.81. The number of hydrogen-bond donors (Lipinski definition) is 1. The lowest BCUT2D eigenvalue weighted by Gasteiger charge is -2.02. The average molecular weight is 348 g/mol. The van der Waals surface area contributed by atoms with Gasteiger partial charge in [-0.25, -0.2) is 4.79 Å². The number of ketones is 1. The molecule has 0 radical (unpaired) electrons. The molecule has 3 aromatic rings. The molecule has 0 saturated carbocycles. The van der Waals surface area contributed by atoms with Crippen LogP contribution in [0.3, 0.4) is 0 Å². The highest BCUT2D eigenvalue weighted by atomic mass is 16.5. The van der Waals surface area contributed by atoms with Crippen LogP contribution in [0.4, 0.5) is 0 Å². The van der Waals surface area contributed by atoms with Crippen LogP contribution in [-0.4, -0.2) is 18.0 Å². The van der Waals surface area contributed by atoms with E-state index in [9.17, 15) is 14.7 Å². The molecule has 0 fully saturated rings. The number of para-hydroxylation sites is 1. The van der Waals surface area contributed by atoms with Gasteiger partial charge in [0, 0.05) is 17.0 Å². The number of hydrogen-bond acceptors (Lipinski definition) is 5. The molecule has 5 heteroatoms. The molecule has 0 aliphatic carbocycles. The molecular weight excluding hydrogens is 332 g/mol. The van der Waals surface area contributed by atoms with Crippen molar-refractivity contribution in [3.8, 4) is 11.5 Å². The van der Waals surface area contributed by atoms with Crippen molar-refractivity contribution >= 4 is 22.8 Å². The van der Waals surface area contributed by atoms with E-state index in [0.29, 0.717) is 5.39 Å². The molecule has 0 amide bonds. The third kappa shape index (κ3) is 3.72. The Hall–Kier alpha value is -3.60. The van der Waals surface area contributed by atoms with Gasteiger partial charge in [-0.3, -0.25) is 4.79 Å². The first kappa shape index (κ1) is 17.2. The number of methoxy groups -OCH3 is 1. The standard InChI is InChI=1S/C21H16O5/c1-25-19-9-5-3-7-14(19)6-2-4-8-18(23)17-12-15-10-11-16(22)13-20(15)26-21(17)24/h2-13,22H,1H3/b6-2+,8-4+. The molecular formula is C21H16O5. The Kier molecular flexibility index (Phi) is 4.99. The zero-order valence-corrected chi connectivity index (χ0v) is 14.0.